The number of hydrogen-bond donors (Lipinski definition) is 0. The second kappa shape index (κ2) is 5.44. The molecule has 2 aromatic rings. The number of hydrogen-bond acceptors (Lipinski definition) is 4. The maximum atomic E-state index is 5.74. The lowest BCUT2D eigenvalue weighted by Gasteiger charge is -2.09. The van der Waals surface area contributed by atoms with Gasteiger partial charge in [0, 0.05) is 18.2 Å². The Balaban J connectivity index is 2.32. The maximum absolute atomic E-state index is 5.74. The SMILES string of the molecule is Cc1ncccc1Oc1cc(Br)nc(C(C)C)n1. The van der Waals surface area contributed by atoms with E-state index in [9.17, 15) is 0 Å². The fraction of sp³-hybridized carbons (Fsp3) is 0.308. The minimum atomic E-state index is 0.250. The smallest absolute Gasteiger partial charge is 0.223 e. The van der Waals surface area contributed by atoms with Crippen LogP contribution in [0.5, 0.6) is 11.6 Å². The molecule has 0 unspecified atom stereocenters. The Morgan fingerprint density at radius 1 is 1.28 bits per heavy atom. The van der Waals surface area contributed by atoms with Gasteiger partial charge in [-0.15, -0.1) is 0 Å². The second-order valence-corrected chi connectivity index (χ2v) is 5.04. The summed E-state index contributed by atoms with van der Waals surface area (Å²) in [4.78, 5) is 12.9. The topological polar surface area (TPSA) is 47.9 Å². The number of nitrogens with zero attached hydrogens (tertiary/aromatic N) is 3. The van der Waals surface area contributed by atoms with E-state index in [0.717, 1.165) is 16.1 Å². The molecular weight excluding hydrogens is 294 g/mol. The van der Waals surface area contributed by atoms with Gasteiger partial charge in [-0.3, -0.25) is 4.98 Å². The van der Waals surface area contributed by atoms with Crippen LogP contribution in [-0.4, -0.2) is 15.0 Å². The Morgan fingerprint density at radius 2 is 2.06 bits per heavy atom. The zero-order valence-electron chi connectivity index (χ0n) is 10.5. The van der Waals surface area contributed by atoms with Gasteiger partial charge in [-0.1, -0.05) is 13.8 Å². The van der Waals surface area contributed by atoms with Crippen LogP contribution in [0.2, 0.25) is 0 Å². The molecule has 18 heavy (non-hydrogen) atoms. The van der Waals surface area contributed by atoms with E-state index >= 15 is 0 Å². The van der Waals surface area contributed by atoms with Crippen LogP contribution in [0.1, 0.15) is 31.3 Å². The van der Waals surface area contributed by atoms with E-state index in [1.54, 1.807) is 12.3 Å². The molecular formula is C13H14BrN3O. The molecule has 5 heteroatoms. The van der Waals surface area contributed by atoms with Crippen LogP contribution in [0, 0.1) is 6.92 Å². The first-order valence-electron chi connectivity index (χ1n) is 5.70. The van der Waals surface area contributed by atoms with Gasteiger partial charge in [-0.25, -0.2) is 4.98 Å². The summed E-state index contributed by atoms with van der Waals surface area (Å²) in [5, 5.41) is 0. The third-order valence-electron chi connectivity index (χ3n) is 2.38. The Morgan fingerprint density at radius 3 is 2.72 bits per heavy atom. The molecule has 0 bridgehead atoms. The van der Waals surface area contributed by atoms with Crippen molar-refractivity contribution in [1.29, 1.82) is 0 Å². The van der Waals surface area contributed by atoms with E-state index < -0.39 is 0 Å². The number of rotatable bonds is 3. The van der Waals surface area contributed by atoms with Crippen LogP contribution in [0.25, 0.3) is 0 Å². The van der Waals surface area contributed by atoms with E-state index in [0.29, 0.717) is 11.6 Å². The van der Waals surface area contributed by atoms with Crippen molar-refractivity contribution < 1.29 is 4.74 Å². The standard InChI is InChI=1S/C13H14BrN3O/c1-8(2)13-16-11(14)7-12(17-13)18-10-5-4-6-15-9(10)3/h4-8H,1-3H3. The van der Waals surface area contributed by atoms with E-state index in [1.165, 1.54) is 0 Å². The molecule has 4 nitrogen and oxygen atoms in total. The Kier molecular flexibility index (Phi) is 3.91. The summed E-state index contributed by atoms with van der Waals surface area (Å²) in [6, 6.07) is 5.45. The summed E-state index contributed by atoms with van der Waals surface area (Å²) in [6.07, 6.45) is 1.73. The third-order valence-corrected chi connectivity index (χ3v) is 2.78. The minimum absolute atomic E-state index is 0.250. The molecule has 0 spiro atoms. The van der Waals surface area contributed by atoms with Crippen molar-refractivity contribution in [2.45, 2.75) is 26.7 Å². The van der Waals surface area contributed by atoms with Crippen molar-refractivity contribution >= 4 is 15.9 Å². The van der Waals surface area contributed by atoms with Gasteiger partial charge in [0.2, 0.25) is 5.88 Å². The first-order chi connectivity index (χ1) is 8.56. The number of ether oxygens (including phenoxy) is 1. The summed E-state index contributed by atoms with van der Waals surface area (Å²) < 4.78 is 6.46. The number of aromatic nitrogens is 3. The molecule has 0 atom stereocenters. The Hall–Kier alpha value is -1.49. The van der Waals surface area contributed by atoms with Crippen molar-refractivity contribution in [2.75, 3.05) is 0 Å². The van der Waals surface area contributed by atoms with Crippen LogP contribution in [0.3, 0.4) is 0 Å². The van der Waals surface area contributed by atoms with E-state index in [-0.39, 0.29) is 5.92 Å². The fourth-order valence-electron chi connectivity index (χ4n) is 1.41. The Labute approximate surface area is 115 Å². The molecule has 2 rings (SSSR count). The van der Waals surface area contributed by atoms with E-state index in [2.05, 4.69) is 30.9 Å². The average molecular weight is 308 g/mol. The molecule has 0 aliphatic carbocycles. The third kappa shape index (κ3) is 3.04. The average Bonchev–Trinajstić information content (AvgIpc) is 2.31. The van der Waals surface area contributed by atoms with Crippen LogP contribution >= 0.6 is 15.9 Å². The Bertz CT molecular complexity index is 558. The van der Waals surface area contributed by atoms with Crippen molar-refractivity contribution in [3.8, 4) is 11.6 Å². The molecule has 94 valence electrons. The molecule has 0 saturated carbocycles. The monoisotopic (exact) mass is 307 g/mol. The molecule has 0 fully saturated rings. The molecule has 0 aliphatic rings. The summed E-state index contributed by atoms with van der Waals surface area (Å²) in [6.45, 7) is 5.98. The van der Waals surface area contributed by atoms with Gasteiger partial charge in [0.05, 0.1) is 5.69 Å². The van der Waals surface area contributed by atoms with Crippen LogP contribution in [0.15, 0.2) is 29.0 Å². The maximum Gasteiger partial charge on any atom is 0.223 e. The summed E-state index contributed by atoms with van der Waals surface area (Å²) in [5.74, 6) is 2.23. The fourth-order valence-corrected chi connectivity index (χ4v) is 1.79. The van der Waals surface area contributed by atoms with Gasteiger partial charge in [-0.05, 0) is 35.0 Å². The lowest BCUT2D eigenvalue weighted by Crippen LogP contribution is -2.00. The highest BCUT2D eigenvalue weighted by Gasteiger charge is 2.09. The first kappa shape index (κ1) is 13.0. The quantitative estimate of drug-likeness (QED) is 0.808. The minimum Gasteiger partial charge on any atom is -0.437 e. The van der Waals surface area contributed by atoms with Crippen LogP contribution < -0.4 is 4.74 Å². The predicted molar refractivity (Wildman–Crippen MR) is 72.9 cm³/mol. The highest BCUT2D eigenvalue weighted by atomic mass is 79.9. The lowest BCUT2D eigenvalue weighted by molar-refractivity contribution is 0.450. The zero-order chi connectivity index (χ0) is 13.1. The molecule has 0 saturated heterocycles. The largest absolute Gasteiger partial charge is 0.437 e. The molecule has 0 radical (unpaired) electrons. The van der Waals surface area contributed by atoms with Gasteiger partial charge in [0.15, 0.2) is 5.75 Å². The predicted octanol–water partition coefficient (Wildman–Crippen LogP) is 3.86. The number of halogens is 1. The van der Waals surface area contributed by atoms with Crippen molar-refractivity contribution in [1.82, 2.24) is 15.0 Å². The molecule has 0 aromatic carbocycles. The highest BCUT2D eigenvalue weighted by Crippen LogP contribution is 2.25. The van der Waals surface area contributed by atoms with Crippen LogP contribution in [-0.2, 0) is 0 Å². The van der Waals surface area contributed by atoms with E-state index in [1.807, 2.05) is 32.9 Å². The molecule has 0 N–H and O–H groups in total. The summed E-state index contributed by atoms with van der Waals surface area (Å²) in [5.41, 5.74) is 0.832. The van der Waals surface area contributed by atoms with Crippen LogP contribution in [0.4, 0.5) is 0 Å². The summed E-state index contributed by atoms with van der Waals surface area (Å²) in [7, 11) is 0. The van der Waals surface area contributed by atoms with Crippen molar-refractivity contribution in [3.05, 3.63) is 40.5 Å². The molecule has 0 aliphatic heterocycles. The normalized spacial score (nSPS) is 10.7. The number of pyridine rings is 1. The van der Waals surface area contributed by atoms with E-state index in [4.69, 9.17) is 4.74 Å². The second-order valence-electron chi connectivity index (χ2n) is 4.23. The lowest BCUT2D eigenvalue weighted by atomic mass is 10.2. The first-order valence-corrected chi connectivity index (χ1v) is 6.49. The number of aryl methyl sites for hydroxylation is 1. The van der Waals surface area contributed by atoms with Gasteiger partial charge in [0.1, 0.15) is 10.4 Å². The van der Waals surface area contributed by atoms with Crippen molar-refractivity contribution in [2.24, 2.45) is 0 Å². The molecule has 0 amide bonds. The van der Waals surface area contributed by atoms with Gasteiger partial charge in [0.25, 0.3) is 0 Å². The molecule has 2 aromatic heterocycles. The summed E-state index contributed by atoms with van der Waals surface area (Å²) >= 11 is 3.37. The van der Waals surface area contributed by atoms with Gasteiger partial charge < -0.3 is 4.74 Å². The zero-order valence-corrected chi connectivity index (χ0v) is 12.1. The van der Waals surface area contributed by atoms with Crippen molar-refractivity contribution in [3.63, 3.8) is 0 Å². The highest BCUT2D eigenvalue weighted by molar-refractivity contribution is 9.10. The van der Waals surface area contributed by atoms with Gasteiger partial charge in [-0.2, -0.15) is 4.98 Å². The van der Waals surface area contributed by atoms with Gasteiger partial charge >= 0.3 is 0 Å². The molecule has 2 heterocycles.